The molecular weight excluding hydrogens is 464 g/mol. The molecule has 188 valence electrons. The number of aryl methyl sites for hydroxylation is 1. The normalized spacial score (nSPS) is 12.0. The number of benzene rings is 5. The van der Waals surface area contributed by atoms with E-state index in [9.17, 15) is 0 Å². The van der Waals surface area contributed by atoms with Crippen LogP contribution in [0.2, 0.25) is 0 Å². The highest BCUT2D eigenvalue weighted by atomic mass is 32.1. The molecule has 0 saturated carbocycles. The minimum atomic E-state index is 1.22. The lowest BCUT2D eigenvalue weighted by atomic mass is 9.93. The van der Waals surface area contributed by atoms with Crippen molar-refractivity contribution >= 4 is 64.5 Å². The molecule has 1 aromatic heterocycles. The number of hydrogen-bond donors (Lipinski definition) is 0. The Morgan fingerprint density at radius 2 is 0.973 bits per heavy atom. The zero-order valence-electron chi connectivity index (χ0n) is 22.2. The molecule has 0 unspecified atom stereocenters. The summed E-state index contributed by atoms with van der Waals surface area (Å²) in [6.07, 6.45) is 15.2. The predicted molar refractivity (Wildman–Crippen MR) is 167 cm³/mol. The maximum absolute atomic E-state index is 2.48. The van der Waals surface area contributed by atoms with Crippen LogP contribution in [-0.2, 0) is 6.42 Å². The van der Waals surface area contributed by atoms with Crippen molar-refractivity contribution < 1.29 is 0 Å². The molecule has 0 spiro atoms. The fourth-order valence-corrected chi connectivity index (χ4v) is 7.32. The van der Waals surface area contributed by atoms with Crippen LogP contribution in [-0.4, -0.2) is 0 Å². The minimum absolute atomic E-state index is 1.22. The van der Waals surface area contributed by atoms with Crippen LogP contribution in [0.15, 0.2) is 78.9 Å². The molecular formula is C36H38S. The zero-order valence-corrected chi connectivity index (χ0v) is 23.0. The summed E-state index contributed by atoms with van der Waals surface area (Å²) in [6.45, 7) is 2.30. The molecule has 37 heavy (non-hydrogen) atoms. The number of fused-ring (bicyclic) bond motifs is 9. The van der Waals surface area contributed by atoms with Gasteiger partial charge in [-0.05, 0) is 68.1 Å². The average Bonchev–Trinajstić information content (AvgIpc) is 3.37. The Morgan fingerprint density at radius 1 is 0.459 bits per heavy atom. The molecule has 6 rings (SSSR count). The van der Waals surface area contributed by atoms with E-state index in [0.29, 0.717) is 0 Å². The number of rotatable bonds is 11. The van der Waals surface area contributed by atoms with Gasteiger partial charge in [-0.3, -0.25) is 0 Å². The van der Waals surface area contributed by atoms with Gasteiger partial charge in [-0.15, -0.1) is 11.3 Å². The van der Waals surface area contributed by atoms with Gasteiger partial charge in [0.15, 0.2) is 0 Å². The number of unbranched alkanes of at least 4 members (excludes halogenated alkanes) is 9. The highest BCUT2D eigenvalue weighted by molar-refractivity contribution is 7.19. The molecule has 1 heteroatoms. The largest absolute Gasteiger partial charge is 0.140 e. The summed E-state index contributed by atoms with van der Waals surface area (Å²) in [7, 11) is 0. The van der Waals surface area contributed by atoms with Gasteiger partial charge in [-0.1, -0.05) is 131 Å². The summed E-state index contributed by atoms with van der Waals surface area (Å²) in [5.41, 5.74) is 0. The quantitative estimate of drug-likeness (QED) is 0.122. The second-order valence-corrected chi connectivity index (χ2v) is 12.0. The van der Waals surface area contributed by atoms with Crippen LogP contribution in [0.25, 0.3) is 53.2 Å². The van der Waals surface area contributed by atoms with E-state index in [1.165, 1.54) is 124 Å². The molecule has 0 aliphatic rings. The van der Waals surface area contributed by atoms with Crippen LogP contribution in [0, 0.1) is 0 Å². The summed E-state index contributed by atoms with van der Waals surface area (Å²) in [4.78, 5) is 1.55. The third-order valence-electron chi connectivity index (χ3n) is 8.24. The van der Waals surface area contributed by atoms with E-state index in [1.807, 2.05) is 11.3 Å². The lowest BCUT2D eigenvalue weighted by Crippen LogP contribution is -1.84. The van der Waals surface area contributed by atoms with Crippen molar-refractivity contribution in [1.29, 1.82) is 0 Å². The Hall–Kier alpha value is -2.90. The lowest BCUT2D eigenvalue weighted by molar-refractivity contribution is 0.557. The smallest absolute Gasteiger partial charge is 0.0352 e. The van der Waals surface area contributed by atoms with Gasteiger partial charge >= 0.3 is 0 Å². The van der Waals surface area contributed by atoms with Gasteiger partial charge in [0.2, 0.25) is 0 Å². The highest BCUT2D eigenvalue weighted by Crippen LogP contribution is 2.39. The molecule has 0 amide bonds. The maximum atomic E-state index is 2.48. The van der Waals surface area contributed by atoms with Crippen molar-refractivity contribution in [1.82, 2.24) is 0 Å². The first-order valence-electron chi connectivity index (χ1n) is 14.5. The van der Waals surface area contributed by atoms with E-state index in [-0.39, 0.29) is 0 Å². The Labute approximate surface area is 225 Å². The molecule has 0 saturated heterocycles. The molecule has 0 aliphatic heterocycles. The molecule has 1 heterocycles. The molecule has 0 fully saturated rings. The van der Waals surface area contributed by atoms with Gasteiger partial charge in [0.25, 0.3) is 0 Å². The average molecular weight is 503 g/mol. The third kappa shape index (κ3) is 4.99. The lowest BCUT2D eigenvalue weighted by Gasteiger charge is -2.10. The second-order valence-electron chi connectivity index (χ2n) is 10.8. The van der Waals surface area contributed by atoms with E-state index in [0.717, 1.165) is 0 Å². The first-order valence-corrected chi connectivity index (χ1v) is 15.3. The SMILES string of the molecule is CCCCCCCCCCCCc1cc2c(ccc3c2ccc2c4ccc5ccccc5c4ccc32)s1. The molecule has 0 nitrogen and oxygen atoms in total. The molecule has 0 bridgehead atoms. The van der Waals surface area contributed by atoms with Gasteiger partial charge in [-0.2, -0.15) is 0 Å². The molecule has 0 N–H and O–H groups in total. The van der Waals surface area contributed by atoms with Crippen LogP contribution in [0.4, 0.5) is 0 Å². The maximum Gasteiger partial charge on any atom is 0.0352 e. The van der Waals surface area contributed by atoms with Gasteiger partial charge in [-0.25, -0.2) is 0 Å². The monoisotopic (exact) mass is 502 g/mol. The van der Waals surface area contributed by atoms with Crippen molar-refractivity contribution in [2.75, 3.05) is 0 Å². The Balaban J connectivity index is 1.19. The van der Waals surface area contributed by atoms with Crippen molar-refractivity contribution in [2.24, 2.45) is 0 Å². The van der Waals surface area contributed by atoms with Crippen LogP contribution < -0.4 is 0 Å². The number of thiophene rings is 1. The van der Waals surface area contributed by atoms with Crippen LogP contribution in [0.5, 0.6) is 0 Å². The van der Waals surface area contributed by atoms with Gasteiger partial charge in [0, 0.05) is 15.0 Å². The number of hydrogen-bond acceptors (Lipinski definition) is 1. The fourth-order valence-electron chi connectivity index (χ4n) is 6.20. The molecule has 0 aliphatic carbocycles. The van der Waals surface area contributed by atoms with E-state index in [1.54, 1.807) is 4.88 Å². The Morgan fingerprint density at radius 3 is 1.65 bits per heavy atom. The summed E-state index contributed by atoms with van der Waals surface area (Å²) in [5, 5.41) is 12.3. The fraction of sp³-hybridized carbons (Fsp3) is 0.333. The highest BCUT2D eigenvalue weighted by Gasteiger charge is 2.11. The third-order valence-corrected chi connectivity index (χ3v) is 9.40. The Bertz CT molecular complexity index is 1670. The molecule has 5 aromatic carbocycles. The molecule has 6 aromatic rings. The summed E-state index contributed by atoms with van der Waals surface area (Å²) in [6, 6.07) is 29.9. The summed E-state index contributed by atoms with van der Waals surface area (Å²) >= 11 is 2.00. The van der Waals surface area contributed by atoms with Crippen LogP contribution in [0.3, 0.4) is 0 Å². The van der Waals surface area contributed by atoms with Gasteiger partial charge in [0.05, 0.1) is 0 Å². The summed E-state index contributed by atoms with van der Waals surface area (Å²) < 4.78 is 1.43. The topological polar surface area (TPSA) is 0 Å². The zero-order chi connectivity index (χ0) is 25.0. The molecule has 0 atom stereocenters. The predicted octanol–water partition coefficient (Wildman–Crippen LogP) is 12.0. The van der Waals surface area contributed by atoms with Crippen molar-refractivity contribution in [3.8, 4) is 0 Å². The van der Waals surface area contributed by atoms with Crippen molar-refractivity contribution in [3.05, 3.63) is 83.7 Å². The Kier molecular flexibility index (Phi) is 7.42. The van der Waals surface area contributed by atoms with E-state index in [4.69, 9.17) is 0 Å². The van der Waals surface area contributed by atoms with E-state index >= 15 is 0 Å². The van der Waals surface area contributed by atoms with Crippen molar-refractivity contribution in [2.45, 2.75) is 77.6 Å². The second kappa shape index (κ2) is 11.2. The minimum Gasteiger partial charge on any atom is -0.140 e. The summed E-state index contributed by atoms with van der Waals surface area (Å²) in [5.74, 6) is 0. The van der Waals surface area contributed by atoms with E-state index in [2.05, 4.69) is 85.8 Å². The van der Waals surface area contributed by atoms with E-state index < -0.39 is 0 Å². The first kappa shape index (κ1) is 24.4. The van der Waals surface area contributed by atoms with Gasteiger partial charge < -0.3 is 0 Å². The first-order chi connectivity index (χ1) is 18.3. The van der Waals surface area contributed by atoms with Crippen LogP contribution in [0.1, 0.15) is 76.0 Å². The van der Waals surface area contributed by atoms with Gasteiger partial charge in [0.1, 0.15) is 0 Å². The van der Waals surface area contributed by atoms with Crippen LogP contribution >= 0.6 is 11.3 Å². The van der Waals surface area contributed by atoms with Crippen molar-refractivity contribution in [3.63, 3.8) is 0 Å². The standard InChI is InChI=1S/C36H38S/c1-2-3-4-5-6-7-8-9-10-11-15-27-25-35-34-22-21-31-30-18-17-26-14-12-13-16-28(26)29(30)19-20-32(31)33(34)23-24-36(35)37-27/h12-14,16-25H,2-11,15H2,1H3. The molecule has 0 radical (unpaired) electrons.